The predicted molar refractivity (Wildman–Crippen MR) is 184 cm³/mol. The molecule has 2 unspecified atom stereocenters. The highest BCUT2D eigenvalue weighted by Gasteiger charge is 2.54. The van der Waals surface area contributed by atoms with Crippen molar-refractivity contribution in [3.05, 3.63) is 109 Å². The summed E-state index contributed by atoms with van der Waals surface area (Å²) in [4.78, 5) is 6.05. The molecule has 0 bridgehead atoms. The molecule has 220 valence electrons. The Morgan fingerprint density at radius 2 is 1.16 bits per heavy atom. The minimum Gasteiger partial charge on any atom is -0.508 e. The molecule has 1 N–H and O–H groups in total. The van der Waals surface area contributed by atoms with Gasteiger partial charge in [-0.3, -0.25) is 4.99 Å². The SMILES string of the molecule is Oc1ccccc1C1(C2CCCCC2)CCP(C2CCCCC2)C1=Nc1c(-c2ccccc2)cccc1-c1ccccc1. The van der Waals surface area contributed by atoms with Crippen LogP contribution in [0.5, 0.6) is 5.75 Å². The molecule has 1 saturated heterocycles. The number of hydrogen-bond donors (Lipinski definition) is 1. The fourth-order valence-electron chi connectivity index (χ4n) is 8.46. The van der Waals surface area contributed by atoms with Crippen molar-refractivity contribution in [1.82, 2.24) is 0 Å². The Morgan fingerprint density at radius 3 is 1.77 bits per heavy atom. The molecule has 3 heteroatoms. The molecular weight excluding hydrogens is 541 g/mol. The van der Waals surface area contributed by atoms with E-state index in [2.05, 4.69) is 91.0 Å². The van der Waals surface area contributed by atoms with E-state index in [0.29, 0.717) is 11.7 Å². The third kappa shape index (κ3) is 5.49. The van der Waals surface area contributed by atoms with Gasteiger partial charge in [0, 0.05) is 22.1 Å². The number of aromatic hydroxyl groups is 1. The molecule has 3 fully saturated rings. The van der Waals surface area contributed by atoms with E-state index in [9.17, 15) is 5.11 Å². The van der Waals surface area contributed by atoms with Crippen LogP contribution in [0, 0.1) is 5.92 Å². The first-order chi connectivity index (χ1) is 21.3. The molecular formula is C40H44NOP. The second kappa shape index (κ2) is 12.8. The topological polar surface area (TPSA) is 32.6 Å². The Morgan fingerprint density at radius 1 is 0.605 bits per heavy atom. The molecule has 1 aliphatic heterocycles. The number of nitrogens with zero attached hydrogens (tertiary/aromatic N) is 1. The molecule has 2 aliphatic carbocycles. The van der Waals surface area contributed by atoms with E-state index < -0.39 is 7.92 Å². The molecule has 1 heterocycles. The van der Waals surface area contributed by atoms with E-state index in [1.54, 1.807) is 0 Å². The lowest BCUT2D eigenvalue weighted by Gasteiger charge is -2.42. The number of rotatable bonds is 6. The largest absolute Gasteiger partial charge is 0.508 e. The zero-order chi connectivity index (χ0) is 29.1. The zero-order valence-corrected chi connectivity index (χ0v) is 26.2. The normalized spacial score (nSPS) is 24.4. The number of aliphatic imine (C=N–C) groups is 1. The number of phenolic OH excluding ortho intramolecular Hbond substituents is 1. The van der Waals surface area contributed by atoms with E-state index in [1.807, 2.05) is 12.1 Å². The summed E-state index contributed by atoms with van der Waals surface area (Å²) in [5.74, 6) is 0.981. The first kappa shape index (κ1) is 28.5. The van der Waals surface area contributed by atoms with Crippen LogP contribution in [0.2, 0.25) is 0 Å². The molecule has 2 atom stereocenters. The molecule has 2 saturated carbocycles. The van der Waals surface area contributed by atoms with Crippen LogP contribution in [0.25, 0.3) is 22.3 Å². The average molecular weight is 586 g/mol. The Balaban J connectivity index is 1.51. The van der Waals surface area contributed by atoms with Crippen molar-refractivity contribution in [3.8, 4) is 28.0 Å². The van der Waals surface area contributed by atoms with E-state index in [4.69, 9.17) is 4.99 Å². The highest BCUT2D eigenvalue weighted by atomic mass is 31.1. The molecule has 0 spiro atoms. The first-order valence-electron chi connectivity index (χ1n) is 16.6. The van der Waals surface area contributed by atoms with Crippen molar-refractivity contribution >= 4 is 19.1 Å². The molecule has 3 aliphatic rings. The Labute approximate surface area is 259 Å². The van der Waals surface area contributed by atoms with Crippen LogP contribution in [0.4, 0.5) is 5.69 Å². The fourth-order valence-corrected chi connectivity index (χ4v) is 12.1. The predicted octanol–water partition coefficient (Wildman–Crippen LogP) is 11.5. The second-order valence-corrected chi connectivity index (χ2v) is 15.5. The van der Waals surface area contributed by atoms with Gasteiger partial charge in [0.15, 0.2) is 0 Å². The van der Waals surface area contributed by atoms with E-state index in [1.165, 1.54) is 98.1 Å². The fraction of sp³-hybridized carbons (Fsp3) is 0.375. The number of phenols is 1. The minimum atomic E-state index is -0.423. The van der Waals surface area contributed by atoms with Crippen molar-refractivity contribution in [1.29, 1.82) is 0 Å². The van der Waals surface area contributed by atoms with Crippen molar-refractivity contribution in [3.63, 3.8) is 0 Å². The highest BCUT2D eigenvalue weighted by Crippen LogP contribution is 2.66. The smallest absolute Gasteiger partial charge is 0.119 e. The summed E-state index contributed by atoms with van der Waals surface area (Å²) in [6, 6.07) is 36.7. The van der Waals surface area contributed by atoms with Crippen LogP contribution < -0.4 is 0 Å². The monoisotopic (exact) mass is 585 g/mol. The van der Waals surface area contributed by atoms with Crippen molar-refractivity contribution < 1.29 is 5.11 Å². The van der Waals surface area contributed by atoms with Crippen LogP contribution in [0.3, 0.4) is 0 Å². The lowest BCUT2D eigenvalue weighted by Crippen LogP contribution is -2.40. The lowest BCUT2D eigenvalue weighted by molar-refractivity contribution is 0.257. The van der Waals surface area contributed by atoms with Gasteiger partial charge in [-0.1, -0.05) is 144 Å². The van der Waals surface area contributed by atoms with Gasteiger partial charge in [0.2, 0.25) is 0 Å². The summed E-state index contributed by atoms with van der Waals surface area (Å²) in [6.45, 7) is 0. The van der Waals surface area contributed by atoms with Crippen LogP contribution in [-0.4, -0.2) is 22.4 Å². The van der Waals surface area contributed by atoms with Gasteiger partial charge in [0.1, 0.15) is 5.75 Å². The average Bonchev–Trinajstić information content (AvgIpc) is 3.46. The first-order valence-corrected chi connectivity index (χ1v) is 18.2. The van der Waals surface area contributed by atoms with Crippen molar-refractivity contribution in [2.45, 2.75) is 81.7 Å². The lowest BCUT2D eigenvalue weighted by atomic mass is 9.64. The standard InChI is InChI=1S/C40H44NOP/c42-37-27-14-13-26-36(37)40(32-20-9-3-10-21-32)28-29-43(33-22-11-4-12-23-33)39(40)41-38-34(30-16-5-1-6-17-30)24-15-25-35(38)31-18-7-2-8-19-31/h1-2,5-8,13-19,24-27,32-33,42H,3-4,9-12,20-23,28-29H2. The Bertz CT molecular complexity index is 1490. The second-order valence-electron chi connectivity index (χ2n) is 12.9. The van der Waals surface area contributed by atoms with Gasteiger partial charge in [-0.15, -0.1) is 0 Å². The van der Waals surface area contributed by atoms with Crippen molar-refractivity contribution in [2.75, 3.05) is 6.16 Å². The molecule has 4 aromatic rings. The van der Waals surface area contributed by atoms with Crippen LogP contribution >= 0.6 is 7.92 Å². The van der Waals surface area contributed by atoms with Gasteiger partial charge < -0.3 is 5.11 Å². The molecule has 0 amide bonds. The zero-order valence-electron chi connectivity index (χ0n) is 25.3. The van der Waals surface area contributed by atoms with Gasteiger partial charge in [-0.05, 0) is 67.0 Å². The number of benzene rings is 4. The molecule has 4 aromatic carbocycles. The number of para-hydroxylation sites is 2. The van der Waals surface area contributed by atoms with Gasteiger partial charge in [-0.25, -0.2) is 0 Å². The molecule has 43 heavy (non-hydrogen) atoms. The molecule has 0 radical (unpaired) electrons. The van der Waals surface area contributed by atoms with Gasteiger partial charge in [-0.2, -0.15) is 0 Å². The summed E-state index contributed by atoms with van der Waals surface area (Å²) < 4.78 is 0. The third-order valence-electron chi connectivity index (χ3n) is 10.5. The van der Waals surface area contributed by atoms with Crippen LogP contribution in [0.15, 0.2) is 108 Å². The maximum absolute atomic E-state index is 11.6. The van der Waals surface area contributed by atoms with Gasteiger partial charge in [0.05, 0.1) is 11.1 Å². The Hall–Kier alpha value is -3.22. The summed E-state index contributed by atoms with van der Waals surface area (Å²) in [7, 11) is -0.423. The summed E-state index contributed by atoms with van der Waals surface area (Å²) in [6.07, 6.45) is 15.4. The Kier molecular flexibility index (Phi) is 8.49. The van der Waals surface area contributed by atoms with Crippen LogP contribution in [0.1, 0.15) is 76.2 Å². The molecule has 7 rings (SSSR count). The maximum Gasteiger partial charge on any atom is 0.119 e. The number of hydrogen-bond acceptors (Lipinski definition) is 2. The van der Waals surface area contributed by atoms with Crippen LogP contribution in [-0.2, 0) is 5.41 Å². The quantitative estimate of drug-likeness (QED) is 0.224. The maximum atomic E-state index is 11.6. The summed E-state index contributed by atoms with van der Waals surface area (Å²) in [5, 5.41) is 11.6. The summed E-state index contributed by atoms with van der Waals surface area (Å²) in [5.41, 5.74) is 9.05. The van der Waals surface area contributed by atoms with Crippen molar-refractivity contribution in [2.24, 2.45) is 10.9 Å². The van der Waals surface area contributed by atoms with E-state index in [-0.39, 0.29) is 5.41 Å². The molecule has 2 nitrogen and oxygen atoms in total. The highest BCUT2D eigenvalue weighted by molar-refractivity contribution is 7.76. The van der Waals surface area contributed by atoms with E-state index in [0.717, 1.165) is 23.3 Å². The third-order valence-corrected chi connectivity index (χ3v) is 13.7. The summed E-state index contributed by atoms with van der Waals surface area (Å²) >= 11 is 0. The minimum absolute atomic E-state index is 0.202. The van der Waals surface area contributed by atoms with Gasteiger partial charge in [0.25, 0.3) is 0 Å². The molecule has 0 aromatic heterocycles. The van der Waals surface area contributed by atoms with Gasteiger partial charge >= 0.3 is 0 Å². The van der Waals surface area contributed by atoms with E-state index >= 15 is 0 Å².